The lowest BCUT2D eigenvalue weighted by molar-refractivity contribution is -0.384. The van der Waals surface area contributed by atoms with Gasteiger partial charge in [-0.15, -0.1) is 0 Å². The number of rotatable bonds is 4. The van der Waals surface area contributed by atoms with Crippen molar-refractivity contribution in [2.45, 2.75) is 33.1 Å². The number of hydrazone groups is 1. The smallest absolute Gasteiger partial charge is 0.267 e. The van der Waals surface area contributed by atoms with Crippen LogP contribution in [0.3, 0.4) is 0 Å². The summed E-state index contributed by atoms with van der Waals surface area (Å²) in [7, 11) is 0. The van der Waals surface area contributed by atoms with Gasteiger partial charge in [0.25, 0.3) is 11.6 Å². The van der Waals surface area contributed by atoms with E-state index in [1.54, 1.807) is 6.92 Å². The summed E-state index contributed by atoms with van der Waals surface area (Å²) < 4.78 is 0. The van der Waals surface area contributed by atoms with Gasteiger partial charge in [-0.25, -0.2) is 5.43 Å². The molecule has 7 heteroatoms. The van der Waals surface area contributed by atoms with Crippen LogP contribution >= 0.6 is 11.6 Å². The topological polar surface area (TPSA) is 84.6 Å². The minimum atomic E-state index is -0.635. The number of halogens is 1. The highest BCUT2D eigenvalue weighted by Crippen LogP contribution is 2.25. The molecule has 0 aliphatic rings. The molecule has 2 aromatic rings. The number of benzene rings is 2. The Labute approximate surface area is 157 Å². The van der Waals surface area contributed by atoms with Gasteiger partial charge < -0.3 is 0 Å². The number of nitrogens with zero attached hydrogens (tertiary/aromatic N) is 2. The van der Waals surface area contributed by atoms with Crippen LogP contribution < -0.4 is 5.43 Å². The summed E-state index contributed by atoms with van der Waals surface area (Å²) >= 11 is 5.75. The van der Waals surface area contributed by atoms with E-state index in [9.17, 15) is 14.9 Å². The molecule has 6 nitrogen and oxygen atoms in total. The Morgan fingerprint density at radius 3 is 2.23 bits per heavy atom. The quantitative estimate of drug-likeness (QED) is 0.479. The summed E-state index contributed by atoms with van der Waals surface area (Å²) in [6, 6.07) is 11.8. The van der Waals surface area contributed by atoms with Gasteiger partial charge in [-0.3, -0.25) is 14.9 Å². The van der Waals surface area contributed by atoms with E-state index in [2.05, 4.69) is 31.3 Å². The molecule has 136 valence electrons. The van der Waals surface area contributed by atoms with Crippen molar-refractivity contribution in [3.05, 3.63) is 74.3 Å². The number of amides is 1. The largest absolute Gasteiger partial charge is 0.288 e. The van der Waals surface area contributed by atoms with Crippen LogP contribution in [0.4, 0.5) is 5.69 Å². The number of nitro groups is 1. The summed E-state index contributed by atoms with van der Waals surface area (Å²) in [4.78, 5) is 22.4. The Kier molecular flexibility index (Phi) is 5.77. The van der Waals surface area contributed by atoms with Gasteiger partial charge in [0.05, 0.1) is 10.6 Å². The number of nitro benzene ring substituents is 1. The molecule has 2 rings (SSSR count). The van der Waals surface area contributed by atoms with Crippen LogP contribution in [-0.2, 0) is 5.41 Å². The van der Waals surface area contributed by atoms with E-state index in [4.69, 9.17) is 11.6 Å². The van der Waals surface area contributed by atoms with E-state index in [0.717, 1.165) is 11.6 Å². The molecule has 0 heterocycles. The highest BCUT2D eigenvalue weighted by molar-refractivity contribution is 6.32. The third kappa shape index (κ3) is 4.67. The predicted octanol–water partition coefficient (Wildman–Crippen LogP) is 4.70. The lowest BCUT2D eigenvalue weighted by Crippen LogP contribution is -2.19. The summed E-state index contributed by atoms with van der Waals surface area (Å²) in [5.41, 5.74) is 4.96. The number of hydrogen-bond acceptors (Lipinski definition) is 4. The first-order valence-electron chi connectivity index (χ1n) is 7.99. The Hall–Kier alpha value is -2.73. The van der Waals surface area contributed by atoms with Crippen molar-refractivity contribution in [3.63, 3.8) is 0 Å². The van der Waals surface area contributed by atoms with Gasteiger partial charge in [-0.2, -0.15) is 5.10 Å². The molecule has 0 unspecified atom stereocenters. The molecule has 0 aliphatic heterocycles. The second-order valence-corrected chi connectivity index (χ2v) is 7.30. The number of carbonyl (C=O) groups is 1. The van der Waals surface area contributed by atoms with Gasteiger partial charge in [-0.05, 0) is 35.6 Å². The Morgan fingerprint density at radius 2 is 1.69 bits per heavy atom. The number of carbonyl (C=O) groups excluding carboxylic acids is 1. The molecule has 0 aliphatic carbocycles. The second kappa shape index (κ2) is 7.66. The molecule has 0 fully saturated rings. The van der Waals surface area contributed by atoms with E-state index in [-0.39, 0.29) is 21.7 Å². The normalized spacial score (nSPS) is 12.0. The van der Waals surface area contributed by atoms with Crippen molar-refractivity contribution >= 4 is 28.9 Å². The van der Waals surface area contributed by atoms with Gasteiger partial charge in [0.1, 0.15) is 5.02 Å². The molecule has 0 aromatic heterocycles. The zero-order valence-electron chi connectivity index (χ0n) is 15.0. The van der Waals surface area contributed by atoms with Crippen LogP contribution in [0.1, 0.15) is 49.2 Å². The van der Waals surface area contributed by atoms with Gasteiger partial charge in [-0.1, -0.05) is 56.6 Å². The van der Waals surface area contributed by atoms with Crippen LogP contribution in [0.15, 0.2) is 47.6 Å². The molecule has 0 saturated heterocycles. The summed E-state index contributed by atoms with van der Waals surface area (Å²) in [5, 5.41) is 15.0. The van der Waals surface area contributed by atoms with Crippen molar-refractivity contribution in [1.29, 1.82) is 0 Å². The molecular formula is C19H20ClN3O3. The summed E-state index contributed by atoms with van der Waals surface area (Å²) in [6.07, 6.45) is 0. The standard InChI is InChI=1S/C19H20ClN3O3/c1-12(13-5-8-15(9-6-13)19(2,3)4)21-22-18(24)14-7-10-16(20)17(11-14)23(25)26/h5-11H,1-4H3,(H,22,24)/b21-12-. The highest BCUT2D eigenvalue weighted by Gasteiger charge is 2.16. The third-order valence-electron chi connectivity index (χ3n) is 3.90. The molecule has 1 N–H and O–H groups in total. The first kappa shape index (κ1) is 19.6. The van der Waals surface area contributed by atoms with E-state index < -0.39 is 10.8 Å². The number of nitrogens with one attached hydrogen (secondary N) is 1. The fraction of sp³-hybridized carbons (Fsp3) is 0.263. The van der Waals surface area contributed by atoms with Crippen LogP contribution in [0.25, 0.3) is 0 Å². The molecule has 0 atom stereocenters. The van der Waals surface area contributed by atoms with Crippen molar-refractivity contribution in [2.75, 3.05) is 0 Å². The van der Waals surface area contributed by atoms with Crippen molar-refractivity contribution < 1.29 is 9.72 Å². The second-order valence-electron chi connectivity index (χ2n) is 6.89. The van der Waals surface area contributed by atoms with Gasteiger partial charge in [0, 0.05) is 11.6 Å². The highest BCUT2D eigenvalue weighted by atomic mass is 35.5. The fourth-order valence-corrected chi connectivity index (χ4v) is 2.46. The fourth-order valence-electron chi connectivity index (χ4n) is 2.27. The predicted molar refractivity (Wildman–Crippen MR) is 103 cm³/mol. The first-order chi connectivity index (χ1) is 12.1. The minimum Gasteiger partial charge on any atom is -0.267 e. The van der Waals surface area contributed by atoms with Crippen LogP contribution in [0.2, 0.25) is 5.02 Å². The minimum absolute atomic E-state index is 0.0230. The Bertz CT molecular complexity index is 869. The summed E-state index contributed by atoms with van der Waals surface area (Å²) in [5.74, 6) is -0.546. The monoisotopic (exact) mass is 373 g/mol. The van der Waals surface area contributed by atoms with Gasteiger partial charge >= 0.3 is 0 Å². The third-order valence-corrected chi connectivity index (χ3v) is 4.22. The zero-order chi connectivity index (χ0) is 19.5. The molecular weight excluding hydrogens is 354 g/mol. The molecule has 0 bridgehead atoms. The first-order valence-corrected chi connectivity index (χ1v) is 8.37. The van der Waals surface area contributed by atoms with E-state index in [0.29, 0.717) is 5.71 Å². The van der Waals surface area contributed by atoms with E-state index in [1.807, 2.05) is 24.3 Å². The van der Waals surface area contributed by atoms with Crippen molar-refractivity contribution in [2.24, 2.45) is 5.10 Å². The van der Waals surface area contributed by atoms with Crippen LogP contribution in [-0.4, -0.2) is 16.5 Å². The SMILES string of the molecule is C/C(=N/NC(=O)c1ccc(Cl)c([N+](=O)[O-])c1)c1ccc(C(C)(C)C)cc1. The maximum atomic E-state index is 12.2. The molecule has 0 spiro atoms. The van der Waals surface area contributed by atoms with Crippen LogP contribution in [0, 0.1) is 10.1 Å². The van der Waals surface area contributed by atoms with Gasteiger partial charge in [0.2, 0.25) is 0 Å². The van der Waals surface area contributed by atoms with Crippen LogP contribution in [0.5, 0.6) is 0 Å². The molecule has 2 aromatic carbocycles. The van der Waals surface area contributed by atoms with E-state index >= 15 is 0 Å². The van der Waals surface area contributed by atoms with Crippen molar-refractivity contribution in [3.8, 4) is 0 Å². The lowest BCUT2D eigenvalue weighted by atomic mass is 9.86. The summed E-state index contributed by atoms with van der Waals surface area (Å²) in [6.45, 7) is 8.17. The average Bonchev–Trinajstić information content (AvgIpc) is 2.58. The average molecular weight is 374 g/mol. The Balaban J connectivity index is 2.14. The zero-order valence-corrected chi connectivity index (χ0v) is 15.8. The molecule has 0 saturated carbocycles. The lowest BCUT2D eigenvalue weighted by Gasteiger charge is -2.19. The maximum Gasteiger partial charge on any atom is 0.288 e. The van der Waals surface area contributed by atoms with E-state index in [1.165, 1.54) is 17.7 Å². The molecule has 26 heavy (non-hydrogen) atoms. The molecule has 1 amide bonds. The Morgan fingerprint density at radius 1 is 1.12 bits per heavy atom. The van der Waals surface area contributed by atoms with Gasteiger partial charge in [0.15, 0.2) is 0 Å². The van der Waals surface area contributed by atoms with Crippen molar-refractivity contribution in [1.82, 2.24) is 5.43 Å². The maximum absolute atomic E-state index is 12.2. The molecule has 0 radical (unpaired) electrons. The number of hydrogen-bond donors (Lipinski definition) is 1.